The molecule has 1 aromatic rings. The van der Waals surface area contributed by atoms with Crippen LogP contribution in [0, 0.1) is 0 Å². The van der Waals surface area contributed by atoms with Gasteiger partial charge in [0.25, 0.3) is 0 Å². The second kappa shape index (κ2) is 7.26. The summed E-state index contributed by atoms with van der Waals surface area (Å²) >= 11 is 5.37. The van der Waals surface area contributed by atoms with Crippen molar-refractivity contribution in [2.75, 3.05) is 12.5 Å². The fraction of sp³-hybridized carbons (Fsp3) is 0.286. The van der Waals surface area contributed by atoms with Crippen LogP contribution in [0.4, 0.5) is 13.2 Å². The largest absolute Gasteiger partial charge is 0.462 e. The molecule has 0 atom stereocenters. The zero-order valence-electron chi connectivity index (χ0n) is 11.0. The third-order valence-electron chi connectivity index (χ3n) is 2.48. The smallest absolute Gasteiger partial charge is 0.416 e. The highest BCUT2D eigenvalue weighted by atomic mass is 35.5. The average molecular weight is 321 g/mol. The Kier molecular flexibility index (Phi) is 5.96. The van der Waals surface area contributed by atoms with E-state index in [0.29, 0.717) is 0 Å². The van der Waals surface area contributed by atoms with Crippen LogP contribution < -0.4 is 0 Å². The quantitative estimate of drug-likeness (QED) is 0.274. The third-order valence-corrected chi connectivity index (χ3v) is 2.73. The fourth-order valence-electron chi connectivity index (χ4n) is 1.57. The van der Waals surface area contributed by atoms with E-state index in [1.807, 2.05) is 0 Å². The molecule has 0 amide bonds. The van der Waals surface area contributed by atoms with Crippen molar-refractivity contribution in [2.45, 2.75) is 13.1 Å². The zero-order chi connectivity index (χ0) is 16.0. The molecule has 0 unspecified atom stereocenters. The lowest BCUT2D eigenvalue weighted by atomic mass is 10.0. The number of alkyl halides is 4. The summed E-state index contributed by atoms with van der Waals surface area (Å²) in [6, 6.07) is 4.60. The monoisotopic (exact) mass is 320 g/mol. The third kappa shape index (κ3) is 4.60. The van der Waals surface area contributed by atoms with Crippen LogP contribution in [-0.4, -0.2) is 24.2 Å². The van der Waals surface area contributed by atoms with E-state index in [1.165, 1.54) is 19.1 Å². The van der Waals surface area contributed by atoms with E-state index in [9.17, 15) is 22.8 Å². The molecule has 0 bridgehead atoms. The van der Waals surface area contributed by atoms with Gasteiger partial charge in [0, 0.05) is 0 Å². The molecule has 0 spiro atoms. The van der Waals surface area contributed by atoms with Crippen LogP contribution in [0.25, 0.3) is 6.08 Å². The van der Waals surface area contributed by atoms with Gasteiger partial charge in [0.1, 0.15) is 5.57 Å². The molecule has 0 aromatic heterocycles. The van der Waals surface area contributed by atoms with Gasteiger partial charge >= 0.3 is 12.1 Å². The summed E-state index contributed by atoms with van der Waals surface area (Å²) in [5.74, 6) is -2.33. The van der Waals surface area contributed by atoms with Gasteiger partial charge in [0.15, 0.2) is 5.78 Å². The highest BCUT2D eigenvalue weighted by Gasteiger charge is 2.33. The zero-order valence-corrected chi connectivity index (χ0v) is 11.8. The van der Waals surface area contributed by atoms with Crippen molar-refractivity contribution < 1.29 is 27.5 Å². The summed E-state index contributed by atoms with van der Waals surface area (Å²) in [5.41, 5.74) is -1.76. The standard InChI is InChI=1S/C14H12ClF3O3/c1-2-21-13(20)10(12(19)8-15)7-9-5-3-4-6-11(9)14(16,17)18/h3-7H,2,8H2,1H3. The number of halogens is 4. The Bertz CT molecular complexity index is 565. The van der Waals surface area contributed by atoms with Crippen LogP contribution in [0.15, 0.2) is 29.8 Å². The molecule has 21 heavy (non-hydrogen) atoms. The number of carbonyl (C=O) groups is 2. The van der Waals surface area contributed by atoms with Crippen LogP contribution in [0.2, 0.25) is 0 Å². The number of rotatable bonds is 5. The van der Waals surface area contributed by atoms with E-state index < -0.39 is 34.9 Å². The second-order valence-corrected chi connectivity index (χ2v) is 4.19. The van der Waals surface area contributed by atoms with Gasteiger partial charge in [-0.15, -0.1) is 11.6 Å². The molecule has 0 radical (unpaired) electrons. The molecule has 0 saturated heterocycles. The van der Waals surface area contributed by atoms with Gasteiger partial charge in [-0.25, -0.2) is 4.79 Å². The lowest BCUT2D eigenvalue weighted by molar-refractivity contribution is -0.140. The van der Waals surface area contributed by atoms with Gasteiger partial charge in [-0.2, -0.15) is 13.2 Å². The maximum atomic E-state index is 12.9. The van der Waals surface area contributed by atoms with Gasteiger partial charge < -0.3 is 4.74 Å². The van der Waals surface area contributed by atoms with E-state index in [1.54, 1.807) is 0 Å². The normalized spacial score (nSPS) is 12.1. The number of carbonyl (C=O) groups excluding carboxylic acids is 2. The summed E-state index contributed by atoms with van der Waals surface area (Å²) in [5, 5.41) is 0. The first-order valence-corrected chi connectivity index (χ1v) is 6.49. The number of hydrogen-bond donors (Lipinski definition) is 0. The van der Waals surface area contributed by atoms with E-state index in [-0.39, 0.29) is 12.2 Å². The molecular formula is C14H12ClF3O3. The van der Waals surface area contributed by atoms with Crippen molar-refractivity contribution in [2.24, 2.45) is 0 Å². The van der Waals surface area contributed by atoms with Crippen molar-refractivity contribution in [3.8, 4) is 0 Å². The number of Topliss-reactive ketones (excluding diaryl/α,β-unsaturated/α-hetero) is 1. The average Bonchev–Trinajstić information content (AvgIpc) is 2.43. The van der Waals surface area contributed by atoms with Crippen LogP contribution >= 0.6 is 11.6 Å². The Labute approximate surface area is 124 Å². The lowest BCUT2D eigenvalue weighted by Gasteiger charge is -2.11. The van der Waals surface area contributed by atoms with Crippen molar-refractivity contribution in [1.82, 2.24) is 0 Å². The Morgan fingerprint density at radius 2 is 1.90 bits per heavy atom. The molecule has 0 saturated carbocycles. The molecule has 1 rings (SSSR count). The van der Waals surface area contributed by atoms with Gasteiger partial charge in [-0.1, -0.05) is 18.2 Å². The molecule has 3 nitrogen and oxygen atoms in total. The fourth-order valence-corrected chi connectivity index (χ4v) is 1.71. The first-order valence-electron chi connectivity index (χ1n) is 5.95. The first-order chi connectivity index (χ1) is 9.81. The van der Waals surface area contributed by atoms with Crippen LogP contribution in [0.1, 0.15) is 18.1 Å². The number of hydrogen-bond acceptors (Lipinski definition) is 3. The lowest BCUT2D eigenvalue weighted by Crippen LogP contribution is -2.17. The van der Waals surface area contributed by atoms with Crippen LogP contribution in [-0.2, 0) is 20.5 Å². The molecule has 0 aliphatic heterocycles. The molecular weight excluding hydrogens is 309 g/mol. The Balaban J connectivity index is 3.35. The Morgan fingerprint density at radius 1 is 1.29 bits per heavy atom. The van der Waals surface area contributed by atoms with Gasteiger partial charge in [0.05, 0.1) is 18.1 Å². The van der Waals surface area contributed by atoms with E-state index in [4.69, 9.17) is 11.6 Å². The number of ether oxygens (including phenoxy) is 1. The van der Waals surface area contributed by atoms with Crippen LogP contribution in [0.3, 0.4) is 0 Å². The predicted octanol–water partition coefficient (Wildman–Crippen LogP) is 3.46. The maximum absolute atomic E-state index is 12.9. The highest BCUT2D eigenvalue weighted by Crippen LogP contribution is 2.32. The number of benzene rings is 1. The molecule has 0 fully saturated rings. The molecule has 0 heterocycles. The van der Waals surface area contributed by atoms with Crippen molar-refractivity contribution in [3.63, 3.8) is 0 Å². The van der Waals surface area contributed by atoms with E-state index in [0.717, 1.165) is 18.2 Å². The topological polar surface area (TPSA) is 43.4 Å². The minimum Gasteiger partial charge on any atom is -0.462 e. The van der Waals surface area contributed by atoms with Crippen LogP contribution in [0.5, 0.6) is 0 Å². The number of ketones is 1. The number of esters is 1. The van der Waals surface area contributed by atoms with Gasteiger partial charge in [-0.3, -0.25) is 4.79 Å². The summed E-state index contributed by atoms with van der Waals surface area (Å²) in [6.45, 7) is 1.51. The summed E-state index contributed by atoms with van der Waals surface area (Å²) < 4.78 is 43.3. The SMILES string of the molecule is CCOC(=O)C(=Cc1ccccc1C(F)(F)F)C(=O)CCl. The maximum Gasteiger partial charge on any atom is 0.416 e. The Hall–Kier alpha value is -1.82. The molecule has 0 N–H and O–H groups in total. The predicted molar refractivity (Wildman–Crippen MR) is 71.8 cm³/mol. The second-order valence-electron chi connectivity index (χ2n) is 3.92. The Morgan fingerprint density at radius 3 is 2.43 bits per heavy atom. The van der Waals surface area contributed by atoms with Gasteiger partial charge in [0.2, 0.25) is 0 Å². The van der Waals surface area contributed by atoms with Crippen molar-refractivity contribution in [1.29, 1.82) is 0 Å². The minimum absolute atomic E-state index is 0.00729. The van der Waals surface area contributed by atoms with Crippen molar-refractivity contribution in [3.05, 3.63) is 41.0 Å². The minimum atomic E-state index is -4.60. The summed E-state index contributed by atoms with van der Waals surface area (Å²) in [4.78, 5) is 23.3. The summed E-state index contributed by atoms with van der Waals surface area (Å²) in [6.07, 6.45) is -3.75. The molecule has 1 aromatic carbocycles. The van der Waals surface area contributed by atoms with E-state index >= 15 is 0 Å². The van der Waals surface area contributed by atoms with E-state index in [2.05, 4.69) is 4.74 Å². The first kappa shape index (κ1) is 17.2. The molecule has 114 valence electrons. The highest BCUT2D eigenvalue weighted by molar-refractivity contribution is 6.35. The molecule has 7 heteroatoms. The van der Waals surface area contributed by atoms with Gasteiger partial charge in [-0.05, 0) is 24.6 Å². The molecule has 0 aliphatic carbocycles. The van der Waals surface area contributed by atoms with Crippen molar-refractivity contribution >= 4 is 29.4 Å². The molecule has 0 aliphatic rings. The summed E-state index contributed by atoms with van der Waals surface area (Å²) in [7, 11) is 0.